The van der Waals surface area contributed by atoms with Gasteiger partial charge >= 0.3 is 12.1 Å². The van der Waals surface area contributed by atoms with Crippen molar-refractivity contribution in [3.8, 4) is 0 Å². The number of hydrogen-bond donors (Lipinski definition) is 1. The predicted octanol–water partition coefficient (Wildman–Crippen LogP) is 5.51. The summed E-state index contributed by atoms with van der Waals surface area (Å²) in [4.78, 5) is 53.7. The van der Waals surface area contributed by atoms with Crippen LogP contribution in [0, 0.1) is 0 Å². The number of hydrogen-bond acceptors (Lipinski definition) is 7. The molecule has 54 heavy (non-hydrogen) atoms. The topological polar surface area (TPSA) is 111 Å². The Morgan fingerprint density at radius 3 is 2.30 bits per heavy atom. The molecule has 2 unspecified atom stereocenters. The van der Waals surface area contributed by atoms with Crippen LogP contribution in [0.5, 0.6) is 0 Å². The van der Waals surface area contributed by atoms with Crippen LogP contribution >= 0.6 is 0 Å². The molecule has 0 spiro atoms. The van der Waals surface area contributed by atoms with E-state index in [2.05, 4.69) is 98.6 Å². The number of anilines is 1. The zero-order valence-electron chi connectivity index (χ0n) is 30.9. The van der Waals surface area contributed by atoms with Gasteiger partial charge in [0.05, 0.1) is 6.54 Å². The molecule has 5 heterocycles. The highest BCUT2D eigenvalue weighted by Gasteiger charge is 2.44. The fraction of sp³-hybridized carbons (Fsp3) is 0.429. The number of carboxylic acids is 1. The molecule has 7 rings (SSSR count). The quantitative estimate of drug-likeness (QED) is 0.194. The first-order chi connectivity index (χ1) is 25.6. The highest BCUT2D eigenvalue weighted by atomic mass is 19.4. The second kappa shape index (κ2) is 15.4. The number of hydroxylamine groups is 2. The number of halogens is 3. The van der Waals surface area contributed by atoms with Crippen molar-refractivity contribution < 1.29 is 47.2 Å². The number of imide groups is 1. The van der Waals surface area contributed by atoms with Crippen molar-refractivity contribution in [1.29, 1.82) is 0 Å². The second-order valence-corrected chi connectivity index (χ2v) is 15.2. The summed E-state index contributed by atoms with van der Waals surface area (Å²) in [5.41, 5.74) is 11.2. The van der Waals surface area contributed by atoms with Crippen LogP contribution in [0.4, 0.5) is 24.5 Å². The van der Waals surface area contributed by atoms with E-state index in [-0.39, 0.29) is 30.1 Å². The summed E-state index contributed by atoms with van der Waals surface area (Å²) in [6.07, 6.45) is 15.7. The Morgan fingerprint density at radius 2 is 1.59 bits per heavy atom. The number of aryl methyl sites for hydroxylation is 1. The molecular weight excluding hydrogens is 699 g/mol. The number of carbonyl (C=O) groups is 4. The molecule has 1 saturated heterocycles. The first-order valence-electron chi connectivity index (χ1n) is 18.6. The van der Waals surface area contributed by atoms with Gasteiger partial charge in [-0.3, -0.25) is 14.5 Å². The molecule has 0 aromatic heterocycles. The Balaban J connectivity index is 0.000000649. The second-order valence-electron chi connectivity index (χ2n) is 15.2. The highest BCUT2D eigenvalue weighted by Crippen LogP contribution is 2.51. The van der Waals surface area contributed by atoms with Gasteiger partial charge in [0.2, 0.25) is 0 Å². The lowest BCUT2D eigenvalue weighted by atomic mass is 9.69. The number of para-hydroxylation sites is 2. The van der Waals surface area contributed by atoms with Gasteiger partial charge in [-0.25, -0.2) is 4.79 Å². The summed E-state index contributed by atoms with van der Waals surface area (Å²) in [5.74, 6) is -4.40. The maximum absolute atomic E-state index is 12.3. The van der Waals surface area contributed by atoms with Gasteiger partial charge in [0, 0.05) is 71.1 Å². The number of amides is 2. The van der Waals surface area contributed by atoms with Gasteiger partial charge in [0.25, 0.3) is 11.8 Å². The fourth-order valence-corrected chi connectivity index (χ4v) is 8.47. The van der Waals surface area contributed by atoms with E-state index in [9.17, 15) is 27.6 Å². The minimum Gasteiger partial charge on any atom is -0.542 e. The highest BCUT2D eigenvalue weighted by molar-refractivity contribution is 6.01. The van der Waals surface area contributed by atoms with Crippen LogP contribution in [0.15, 0.2) is 84.2 Å². The number of unbranched alkanes of at least 4 members (excludes halogenated alkanes) is 2. The van der Waals surface area contributed by atoms with E-state index in [0.717, 1.165) is 45.2 Å². The fourth-order valence-electron chi connectivity index (χ4n) is 8.47. The van der Waals surface area contributed by atoms with E-state index in [4.69, 9.17) is 14.7 Å². The van der Waals surface area contributed by atoms with Gasteiger partial charge in [0.15, 0.2) is 0 Å². The first-order valence-corrected chi connectivity index (χ1v) is 18.6. The van der Waals surface area contributed by atoms with Crippen LogP contribution in [0.3, 0.4) is 0 Å². The number of carboxylic acid groups (broad SMARTS) is 1. The maximum atomic E-state index is 12.3. The Labute approximate surface area is 313 Å². The van der Waals surface area contributed by atoms with Crippen molar-refractivity contribution in [2.75, 3.05) is 18.0 Å². The Hall–Kier alpha value is -4.97. The van der Waals surface area contributed by atoms with Crippen molar-refractivity contribution >= 4 is 35.1 Å². The molecule has 2 aromatic rings. The third-order valence-electron chi connectivity index (χ3n) is 11.3. The first kappa shape index (κ1) is 38.7. The largest absolute Gasteiger partial charge is 0.542 e. The minimum atomic E-state index is -5.19. The summed E-state index contributed by atoms with van der Waals surface area (Å²) >= 11 is 0. The van der Waals surface area contributed by atoms with Crippen molar-refractivity contribution in [3.05, 3.63) is 107 Å². The number of quaternary nitrogens is 1. The molecule has 0 saturated carbocycles. The van der Waals surface area contributed by atoms with E-state index in [1.807, 2.05) is 0 Å². The Morgan fingerprint density at radius 1 is 0.907 bits per heavy atom. The average molecular weight is 746 g/mol. The van der Waals surface area contributed by atoms with Crippen molar-refractivity contribution in [2.45, 2.75) is 102 Å². The van der Waals surface area contributed by atoms with E-state index >= 15 is 0 Å². The molecule has 2 atom stereocenters. The number of allylic oxidation sites excluding steroid dienone is 7. The molecule has 2 aromatic carbocycles. The third-order valence-corrected chi connectivity index (χ3v) is 11.3. The molecule has 2 amide bonds. The Kier molecular flexibility index (Phi) is 11.1. The van der Waals surface area contributed by atoms with E-state index in [1.54, 1.807) is 0 Å². The molecular formula is C42H46F3N3O6. The summed E-state index contributed by atoms with van der Waals surface area (Å²) in [6.45, 7) is 9.21. The standard InChI is InChI=1S/C40H45N3O4.C2HF3O2/c1-39(2)31-17-10-13-28-15-12-25-42(38(28)31)33(39)19-7-4-6-16-30-27-41-26-23-29-14-11-18-32(37(29)41)40(30,3)24-9-5-8-20-36(46)47-43-34(44)21-22-35(43)45;3-2(4,5)1(6)7/h4,6-7,10-11,13-14,16-19,27H,5,8-9,12,15,20-26H2,1-3H3;(H,6,7)/b7-4+,16-6+,33-19+;. The van der Waals surface area contributed by atoms with Gasteiger partial charge in [-0.1, -0.05) is 94.3 Å². The lowest BCUT2D eigenvalue weighted by Gasteiger charge is -2.36. The van der Waals surface area contributed by atoms with Crippen molar-refractivity contribution in [1.82, 2.24) is 5.06 Å². The average Bonchev–Trinajstić information content (AvgIpc) is 3.75. The SMILES string of the molecule is CC1(CCCCCC(=O)ON2C(=O)CCC2=O)C(/C=C/C=C/C=C2/N3CCCc4cccc(c43)C2(C)C)=C[NH+]2CCc3cccc1c32.O=C([O-])C(F)(F)F. The van der Waals surface area contributed by atoms with Gasteiger partial charge in [-0.15, -0.1) is 5.06 Å². The third kappa shape index (κ3) is 7.66. The smallest absolute Gasteiger partial charge is 0.430 e. The number of benzene rings is 2. The lowest BCUT2D eigenvalue weighted by molar-refractivity contribution is -0.770. The predicted molar refractivity (Wildman–Crippen MR) is 194 cm³/mol. The number of rotatable bonds is 10. The molecule has 1 fully saturated rings. The normalized spacial score (nSPS) is 23.1. The van der Waals surface area contributed by atoms with Crippen LogP contribution in [0.1, 0.15) is 94.4 Å². The summed E-state index contributed by atoms with van der Waals surface area (Å²) in [7, 11) is 0. The van der Waals surface area contributed by atoms with E-state index < -0.39 is 29.9 Å². The maximum Gasteiger partial charge on any atom is 0.430 e. The van der Waals surface area contributed by atoms with E-state index in [1.165, 1.54) is 56.2 Å². The van der Waals surface area contributed by atoms with Gasteiger partial charge in [0.1, 0.15) is 17.9 Å². The summed E-state index contributed by atoms with van der Waals surface area (Å²) in [5, 5.41) is 9.42. The number of carbonyl (C=O) groups excluding carboxylic acids is 4. The minimum absolute atomic E-state index is 0.0193. The molecule has 0 radical (unpaired) electrons. The molecule has 5 aliphatic heterocycles. The summed E-state index contributed by atoms with van der Waals surface area (Å²) < 4.78 is 31.5. The van der Waals surface area contributed by atoms with Gasteiger partial charge < -0.3 is 19.6 Å². The zero-order chi connectivity index (χ0) is 38.8. The van der Waals surface area contributed by atoms with Crippen LogP contribution in [0.2, 0.25) is 0 Å². The number of aliphatic carboxylic acids is 1. The van der Waals surface area contributed by atoms with E-state index in [0.29, 0.717) is 11.5 Å². The Bertz CT molecular complexity index is 1950. The molecule has 286 valence electrons. The van der Waals surface area contributed by atoms with Gasteiger partial charge in [-0.2, -0.15) is 13.2 Å². The molecule has 1 N–H and O–H groups in total. The molecule has 12 heteroatoms. The van der Waals surface area contributed by atoms with Crippen molar-refractivity contribution in [2.24, 2.45) is 0 Å². The molecule has 0 bridgehead atoms. The van der Waals surface area contributed by atoms with Crippen LogP contribution < -0.4 is 14.9 Å². The number of nitrogens with one attached hydrogen (secondary N) is 1. The number of alkyl halides is 3. The van der Waals surface area contributed by atoms with Crippen LogP contribution in [-0.4, -0.2) is 48.1 Å². The summed E-state index contributed by atoms with van der Waals surface area (Å²) in [6, 6.07) is 13.6. The van der Waals surface area contributed by atoms with Crippen molar-refractivity contribution in [3.63, 3.8) is 0 Å². The molecule has 5 aliphatic rings. The lowest BCUT2D eigenvalue weighted by Crippen LogP contribution is -3.02. The van der Waals surface area contributed by atoms with Gasteiger partial charge in [-0.05, 0) is 42.9 Å². The number of nitrogens with zero attached hydrogens (tertiary/aromatic N) is 2. The monoisotopic (exact) mass is 745 g/mol. The zero-order valence-corrected chi connectivity index (χ0v) is 30.9. The van der Waals surface area contributed by atoms with Crippen LogP contribution in [0.25, 0.3) is 0 Å². The molecule has 9 nitrogen and oxygen atoms in total. The molecule has 0 aliphatic carbocycles. The van der Waals surface area contributed by atoms with Crippen LogP contribution in [-0.2, 0) is 47.7 Å².